The van der Waals surface area contributed by atoms with E-state index in [0.29, 0.717) is 24.4 Å². The second-order valence-corrected chi connectivity index (χ2v) is 10.5. The van der Waals surface area contributed by atoms with Crippen LogP contribution in [-0.2, 0) is 22.7 Å². The van der Waals surface area contributed by atoms with E-state index in [2.05, 4.69) is 4.98 Å². The zero-order valence-electron chi connectivity index (χ0n) is 18.4. The molecule has 0 spiro atoms. The molecule has 33 heavy (non-hydrogen) atoms. The quantitative estimate of drug-likeness (QED) is 0.541. The van der Waals surface area contributed by atoms with Gasteiger partial charge >= 0.3 is 6.18 Å². The number of aryl methyl sites for hydroxylation is 2. The summed E-state index contributed by atoms with van der Waals surface area (Å²) in [6.07, 6.45) is -1.81. The minimum absolute atomic E-state index is 0.207. The van der Waals surface area contributed by atoms with Gasteiger partial charge < -0.3 is 4.98 Å². The highest BCUT2D eigenvalue weighted by Crippen LogP contribution is 2.34. The lowest BCUT2D eigenvalue weighted by atomic mass is 10.0. The van der Waals surface area contributed by atoms with Crippen LogP contribution < -0.4 is 5.56 Å². The molecule has 0 amide bonds. The number of fused-ring (bicyclic) bond motifs is 1. The van der Waals surface area contributed by atoms with Gasteiger partial charge in [0.1, 0.15) is 0 Å². The number of aromatic amines is 1. The number of nitrogens with zero attached hydrogens (tertiary/aromatic N) is 1. The van der Waals surface area contributed by atoms with Crippen LogP contribution in [0, 0.1) is 13.8 Å². The minimum Gasteiger partial charge on any atom is -0.321 e. The predicted molar refractivity (Wildman–Crippen MR) is 120 cm³/mol. The third-order valence-electron chi connectivity index (χ3n) is 6.45. The Morgan fingerprint density at radius 2 is 1.76 bits per heavy atom. The molecule has 1 heterocycles. The van der Waals surface area contributed by atoms with Crippen LogP contribution in [0.25, 0.3) is 10.9 Å². The zero-order chi connectivity index (χ0) is 24.0. The number of hydrogen-bond donors (Lipinski definition) is 1. The molecular weight excluding hydrogens is 453 g/mol. The predicted octanol–water partition coefficient (Wildman–Crippen LogP) is 5.30. The number of nitrogens with one attached hydrogen (secondary N) is 1. The molecule has 0 saturated heterocycles. The van der Waals surface area contributed by atoms with E-state index in [1.165, 1.54) is 10.4 Å². The summed E-state index contributed by atoms with van der Waals surface area (Å²) in [7, 11) is -4.27. The van der Waals surface area contributed by atoms with Crippen LogP contribution in [0.15, 0.2) is 52.2 Å². The Balaban J connectivity index is 1.79. The van der Waals surface area contributed by atoms with E-state index in [-0.39, 0.29) is 18.2 Å². The number of halogens is 3. The number of rotatable bonds is 5. The molecule has 2 aromatic carbocycles. The second-order valence-electron chi connectivity index (χ2n) is 8.61. The lowest BCUT2D eigenvalue weighted by Crippen LogP contribution is -2.39. The molecule has 5 nitrogen and oxygen atoms in total. The molecule has 176 valence electrons. The number of sulfonamides is 1. The molecule has 3 aromatic rings. The Morgan fingerprint density at radius 1 is 1.06 bits per heavy atom. The maximum Gasteiger partial charge on any atom is 0.416 e. The Hall–Kier alpha value is -2.65. The van der Waals surface area contributed by atoms with Crippen molar-refractivity contribution in [2.45, 2.75) is 63.2 Å². The first-order chi connectivity index (χ1) is 15.5. The van der Waals surface area contributed by atoms with Gasteiger partial charge in [-0.15, -0.1) is 0 Å². The fourth-order valence-corrected chi connectivity index (χ4v) is 6.14. The molecule has 0 radical (unpaired) electrons. The number of pyridine rings is 1. The molecule has 1 saturated carbocycles. The number of alkyl halides is 3. The van der Waals surface area contributed by atoms with Gasteiger partial charge in [-0.05, 0) is 67.5 Å². The SMILES string of the molecule is Cc1ccc2cc(CN(C3CCCC3)S(=O)(=O)c3cccc(C(F)(F)F)c3)c(=O)[nH]c2c1C. The third kappa shape index (κ3) is 4.56. The molecule has 0 unspecified atom stereocenters. The molecule has 0 bridgehead atoms. The van der Waals surface area contributed by atoms with Gasteiger partial charge in [0.15, 0.2) is 0 Å². The summed E-state index contributed by atoms with van der Waals surface area (Å²) in [4.78, 5) is 15.3. The molecule has 1 aromatic heterocycles. The average Bonchev–Trinajstić information content (AvgIpc) is 3.29. The van der Waals surface area contributed by atoms with Crippen molar-refractivity contribution in [3.63, 3.8) is 0 Å². The average molecular weight is 479 g/mol. The number of H-pyrrole nitrogens is 1. The number of hydrogen-bond acceptors (Lipinski definition) is 3. The van der Waals surface area contributed by atoms with Gasteiger partial charge in [-0.3, -0.25) is 4.79 Å². The topological polar surface area (TPSA) is 70.2 Å². The maximum absolute atomic E-state index is 13.5. The number of aromatic nitrogens is 1. The van der Waals surface area contributed by atoms with Gasteiger partial charge in [0, 0.05) is 18.2 Å². The van der Waals surface area contributed by atoms with Gasteiger partial charge in [-0.1, -0.05) is 31.0 Å². The molecule has 4 rings (SSSR count). The van der Waals surface area contributed by atoms with Gasteiger partial charge in [0.25, 0.3) is 5.56 Å². The highest BCUT2D eigenvalue weighted by molar-refractivity contribution is 7.89. The highest BCUT2D eigenvalue weighted by Gasteiger charge is 2.36. The first-order valence-corrected chi connectivity index (χ1v) is 12.2. The summed E-state index contributed by atoms with van der Waals surface area (Å²) < 4.78 is 67.9. The van der Waals surface area contributed by atoms with E-state index < -0.39 is 32.2 Å². The van der Waals surface area contributed by atoms with Gasteiger partial charge in [-0.2, -0.15) is 17.5 Å². The highest BCUT2D eigenvalue weighted by atomic mass is 32.2. The van der Waals surface area contributed by atoms with E-state index in [4.69, 9.17) is 0 Å². The summed E-state index contributed by atoms with van der Waals surface area (Å²) >= 11 is 0. The molecule has 1 aliphatic rings. The molecule has 0 atom stereocenters. The van der Waals surface area contributed by atoms with E-state index in [1.807, 2.05) is 26.0 Å². The van der Waals surface area contributed by atoms with Crippen LogP contribution in [0.3, 0.4) is 0 Å². The van der Waals surface area contributed by atoms with Crippen LogP contribution in [-0.4, -0.2) is 23.7 Å². The molecule has 9 heteroatoms. The second kappa shape index (κ2) is 8.61. The normalized spacial score (nSPS) is 15.6. The van der Waals surface area contributed by atoms with Crippen molar-refractivity contribution in [2.75, 3.05) is 0 Å². The van der Waals surface area contributed by atoms with Crippen molar-refractivity contribution in [3.05, 3.63) is 75.1 Å². The first-order valence-electron chi connectivity index (χ1n) is 10.8. The van der Waals surface area contributed by atoms with Crippen LogP contribution >= 0.6 is 0 Å². The third-order valence-corrected chi connectivity index (χ3v) is 8.35. The van der Waals surface area contributed by atoms with Gasteiger partial charge in [0.05, 0.1) is 16.0 Å². The molecule has 1 N–H and O–H groups in total. The lowest BCUT2D eigenvalue weighted by Gasteiger charge is -2.28. The lowest BCUT2D eigenvalue weighted by molar-refractivity contribution is -0.137. The summed E-state index contributed by atoms with van der Waals surface area (Å²) in [5, 5.41) is 0.774. The Bertz CT molecular complexity index is 1360. The van der Waals surface area contributed by atoms with Crippen LogP contribution in [0.5, 0.6) is 0 Å². The first kappa shape index (κ1) is 23.5. The molecule has 1 fully saturated rings. The van der Waals surface area contributed by atoms with E-state index >= 15 is 0 Å². The molecule has 0 aliphatic heterocycles. The summed E-state index contributed by atoms with van der Waals surface area (Å²) in [5.41, 5.74) is 1.47. The molecular formula is C24H25F3N2O3S. The Labute approximate surface area is 190 Å². The van der Waals surface area contributed by atoms with Crippen molar-refractivity contribution in [3.8, 4) is 0 Å². The van der Waals surface area contributed by atoms with Gasteiger partial charge in [-0.25, -0.2) is 8.42 Å². The van der Waals surface area contributed by atoms with Crippen molar-refractivity contribution in [1.29, 1.82) is 0 Å². The van der Waals surface area contributed by atoms with Crippen LogP contribution in [0.4, 0.5) is 13.2 Å². The largest absolute Gasteiger partial charge is 0.416 e. The molecule has 1 aliphatic carbocycles. The maximum atomic E-state index is 13.5. The Kier molecular flexibility index (Phi) is 6.13. The van der Waals surface area contributed by atoms with Crippen LogP contribution in [0.1, 0.15) is 47.9 Å². The van der Waals surface area contributed by atoms with Crippen molar-refractivity contribution >= 4 is 20.9 Å². The Morgan fingerprint density at radius 3 is 2.42 bits per heavy atom. The minimum atomic E-state index is -4.66. The van der Waals surface area contributed by atoms with E-state index in [9.17, 15) is 26.4 Å². The number of benzene rings is 2. The van der Waals surface area contributed by atoms with Gasteiger partial charge in [0.2, 0.25) is 10.0 Å². The standard InChI is InChI=1S/C24H25F3N2O3S/c1-15-10-11-17-12-18(23(30)28-22(17)16(15)2)14-29(20-7-3-4-8-20)33(31,32)21-9-5-6-19(13-21)24(25,26)27/h5-6,9-13,20H,3-4,7-8,14H2,1-2H3,(H,28,30). The van der Waals surface area contributed by atoms with E-state index in [1.54, 1.807) is 6.07 Å². The zero-order valence-corrected chi connectivity index (χ0v) is 19.2. The monoisotopic (exact) mass is 478 g/mol. The smallest absolute Gasteiger partial charge is 0.321 e. The van der Waals surface area contributed by atoms with Crippen molar-refractivity contribution in [1.82, 2.24) is 9.29 Å². The van der Waals surface area contributed by atoms with Crippen molar-refractivity contribution < 1.29 is 21.6 Å². The van der Waals surface area contributed by atoms with Crippen LogP contribution in [0.2, 0.25) is 0 Å². The fraction of sp³-hybridized carbons (Fsp3) is 0.375. The summed E-state index contributed by atoms with van der Waals surface area (Å²) in [6, 6.07) is 8.85. The fourth-order valence-electron chi connectivity index (χ4n) is 4.43. The van der Waals surface area contributed by atoms with E-state index in [0.717, 1.165) is 41.5 Å². The summed E-state index contributed by atoms with van der Waals surface area (Å²) in [6.45, 7) is 3.63. The van der Waals surface area contributed by atoms with Crippen molar-refractivity contribution in [2.24, 2.45) is 0 Å². The summed E-state index contributed by atoms with van der Waals surface area (Å²) in [5.74, 6) is 0.